The number of likely N-dealkylation sites (tertiary alicyclic amines) is 1. The molecule has 0 N–H and O–H groups in total. The van der Waals surface area contributed by atoms with Gasteiger partial charge in [0, 0.05) is 49.5 Å². The second-order valence-corrected chi connectivity index (χ2v) is 7.29. The highest BCUT2D eigenvalue weighted by Crippen LogP contribution is 2.27. The van der Waals surface area contributed by atoms with Crippen molar-refractivity contribution in [2.75, 3.05) is 13.1 Å². The summed E-state index contributed by atoms with van der Waals surface area (Å²) in [5.41, 5.74) is 3.56. The molecule has 8 heteroatoms. The standard InChI is InChI=1S/C18H22N6OS/c1-2-24-10-15(8-21-24)18(25)23-6-3-4-14(9-23)17-19-5-7-22(17)11-16-12-26-13-20-16/h5,7-8,10,12-14H,2-4,6,9,11H2,1H3/t14-/m0/s1. The number of piperidine rings is 1. The third-order valence-electron chi connectivity index (χ3n) is 4.84. The van der Waals surface area contributed by atoms with Gasteiger partial charge in [0.15, 0.2) is 0 Å². The summed E-state index contributed by atoms with van der Waals surface area (Å²) < 4.78 is 3.94. The lowest BCUT2D eigenvalue weighted by atomic mass is 9.96. The first-order valence-electron chi connectivity index (χ1n) is 8.94. The maximum Gasteiger partial charge on any atom is 0.257 e. The van der Waals surface area contributed by atoms with Gasteiger partial charge in [-0.05, 0) is 19.8 Å². The molecule has 0 bridgehead atoms. The molecular weight excluding hydrogens is 348 g/mol. The lowest BCUT2D eigenvalue weighted by molar-refractivity contribution is 0.0703. The van der Waals surface area contributed by atoms with Crippen molar-refractivity contribution in [3.63, 3.8) is 0 Å². The number of hydrogen-bond acceptors (Lipinski definition) is 5. The van der Waals surface area contributed by atoms with Crippen LogP contribution in [0.1, 0.15) is 47.6 Å². The van der Waals surface area contributed by atoms with Crippen LogP contribution in [0.3, 0.4) is 0 Å². The Kier molecular flexibility index (Phi) is 4.83. The molecule has 1 aliphatic rings. The Morgan fingerprint density at radius 1 is 1.38 bits per heavy atom. The minimum Gasteiger partial charge on any atom is -0.338 e. The first-order valence-corrected chi connectivity index (χ1v) is 9.88. The van der Waals surface area contributed by atoms with E-state index in [2.05, 4.69) is 25.0 Å². The molecule has 3 aromatic rings. The van der Waals surface area contributed by atoms with Crippen molar-refractivity contribution >= 4 is 17.2 Å². The van der Waals surface area contributed by atoms with Crippen LogP contribution in [0.25, 0.3) is 0 Å². The number of nitrogens with zero attached hydrogens (tertiary/aromatic N) is 6. The summed E-state index contributed by atoms with van der Waals surface area (Å²) in [4.78, 5) is 23.7. The molecule has 4 rings (SSSR count). The van der Waals surface area contributed by atoms with E-state index in [1.54, 1.807) is 22.2 Å². The van der Waals surface area contributed by atoms with Crippen LogP contribution < -0.4 is 0 Å². The number of carbonyl (C=O) groups excluding carboxylic acids is 1. The zero-order valence-corrected chi connectivity index (χ0v) is 15.6. The molecule has 0 aliphatic carbocycles. The van der Waals surface area contributed by atoms with Crippen molar-refractivity contribution in [2.24, 2.45) is 0 Å². The molecule has 136 valence electrons. The molecule has 0 unspecified atom stereocenters. The SMILES string of the molecule is CCn1cc(C(=O)N2CCC[C@H](c3nccn3Cc3cscn3)C2)cn1. The minimum absolute atomic E-state index is 0.0620. The second-order valence-electron chi connectivity index (χ2n) is 6.57. The normalized spacial score (nSPS) is 17.6. The van der Waals surface area contributed by atoms with E-state index >= 15 is 0 Å². The number of hydrogen-bond donors (Lipinski definition) is 0. The maximum atomic E-state index is 12.8. The molecule has 26 heavy (non-hydrogen) atoms. The third-order valence-corrected chi connectivity index (χ3v) is 5.48. The lowest BCUT2D eigenvalue weighted by Crippen LogP contribution is -2.39. The van der Waals surface area contributed by atoms with E-state index in [1.165, 1.54) is 0 Å². The van der Waals surface area contributed by atoms with E-state index < -0.39 is 0 Å². The fourth-order valence-electron chi connectivity index (χ4n) is 3.51. The van der Waals surface area contributed by atoms with Gasteiger partial charge in [0.2, 0.25) is 0 Å². The van der Waals surface area contributed by atoms with E-state index in [9.17, 15) is 4.79 Å². The number of thiazole rings is 1. The monoisotopic (exact) mass is 370 g/mol. The van der Waals surface area contributed by atoms with Crippen LogP contribution in [-0.2, 0) is 13.1 Å². The Morgan fingerprint density at radius 2 is 2.31 bits per heavy atom. The van der Waals surface area contributed by atoms with Crippen molar-refractivity contribution in [3.8, 4) is 0 Å². The Labute approximate surface area is 156 Å². The number of aromatic nitrogens is 5. The van der Waals surface area contributed by atoms with E-state index in [0.717, 1.165) is 44.0 Å². The van der Waals surface area contributed by atoms with Gasteiger partial charge >= 0.3 is 0 Å². The van der Waals surface area contributed by atoms with Crippen molar-refractivity contribution < 1.29 is 4.79 Å². The van der Waals surface area contributed by atoms with E-state index in [4.69, 9.17) is 0 Å². The first-order chi connectivity index (χ1) is 12.7. The van der Waals surface area contributed by atoms with E-state index in [1.807, 2.05) is 35.9 Å². The zero-order chi connectivity index (χ0) is 17.9. The molecule has 4 heterocycles. The van der Waals surface area contributed by atoms with Gasteiger partial charge in [-0.3, -0.25) is 9.48 Å². The number of amides is 1. The fourth-order valence-corrected chi connectivity index (χ4v) is 4.06. The van der Waals surface area contributed by atoms with Gasteiger partial charge in [-0.15, -0.1) is 11.3 Å². The van der Waals surface area contributed by atoms with Crippen LogP contribution in [0, 0.1) is 0 Å². The molecule has 0 radical (unpaired) electrons. The molecule has 1 atom stereocenters. The predicted molar refractivity (Wildman–Crippen MR) is 99.2 cm³/mol. The summed E-state index contributed by atoms with van der Waals surface area (Å²) in [6, 6.07) is 0. The molecule has 1 amide bonds. The average Bonchev–Trinajstić information content (AvgIpc) is 3.43. The van der Waals surface area contributed by atoms with Gasteiger partial charge in [-0.1, -0.05) is 0 Å². The van der Waals surface area contributed by atoms with Gasteiger partial charge in [0.25, 0.3) is 5.91 Å². The molecule has 0 spiro atoms. The highest BCUT2D eigenvalue weighted by atomic mass is 32.1. The van der Waals surface area contributed by atoms with Crippen LogP contribution in [0.5, 0.6) is 0 Å². The van der Waals surface area contributed by atoms with Crippen molar-refractivity contribution in [3.05, 3.63) is 52.8 Å². The molecule has 1 saturated heterocycles. The topological polar surface area (TPSA) is 68.8 Å². The Hall–Kier alpha value is -2.48. The number of carbonyl (C=O) groups is 1. The summed E-state index contributed by atoms with van der Waals surface area (Å²) in [7, 11) is 0. The zero-order valence-electron chi connectivity index (χ0n) is 14.8. The van der Waals surface area contributed by atoms with Gasteiger partial charge < -0.3 is 9.47 Å². The van der Waals surface area contributed by atoms with Crippen molar-refractivity contribution in [1.29, 1.82) is 0 Å². The minimum atomic E-state index is 0.0620. The van der Waals surface area contributed by atoms with Gasteiger partial charge in [-0.25, -0.2) is 9.97 Å². The third kappa shape index (κ3) is 3.41. The summed E-state index contributed by atoms with van der Waals surface area (Å²) in [6.45, 7) is 5.00. The maximum absolute atomic E-state index is 12.8. The highest BCUT2D eigenvalue weighted by Gasteiger charge is 2.28. The fraction of sp³-hybridized carbons (Fsp3) is 0.444. The molecule has 0 aromatic carbocycles. The number of aryl methyl sites for hydroxylation is 1. The molecule has 1 aliphatic heterocycles. The van der Waals surface area contributed by atoms with Gasteiger partial charge in [0.05, 0.1) is 29.5 Å². The Morgan fingerprint density at radius 3 is 3.08 bits per heavy atom. The highest BCUT2D eigenvalue weighted by molar-refractivity contribution is 7.07. The van der Waals surface area contributed by atoms with Crippen LogP contribution in [0.15, 0.2) is 35.7 Å². The predicted octanol–water partition coefficient (Wildman–Crippen LogP) is 2.62. The van der Waals surface area contributed by atoms with Crippen molar-refractivity contribution in [2.45, 2.75) is 38.8 Å². The number of rotatable bonds is 5. The quantitative estimate of drug-likeness (QED) is 0.692. The lowest BCUT2D eigenvalue weighted by Gasteiger charge is -2.32. The van der Waals surface area contributed by atoms with E-state index in [-0.39, 0.29) is 11.8 Å². The van der Waals surface area contributed by atoms with Gasteiger partial charge in [-0.2, -0.15) is 5.10 Å². The van der Waals surface area contributed by atoms with E-state index in [0.29, 0.717) is 12.1 Å². The summed E-state index contributed by atoms with van der Waals surface area (Å²) >= 11 is 1.60. The molecular formula is C18H22N6OS. The second kappa shape index (κ2) is 7.41. The van der Waals surface area contributed by atoms with Gasteiger partial charge in [0.1, 0.15) is 5.82 Å². The van der Waals surface area contributed by atoms with Crippen LogP contribution in [0.2, 0.25) is 0 Å². The average molecular weight is 370 g/mol. The number of imidazole rings is 1. The molecule has 1 fully saturated rings. The Balaban J connectivity index is 1.49. The smallest absolute Gasteiger partial charge is 0.257 e. The summed E-state index contributed by atoms with van der Waals surface area (Å²) in [5.74, 6) is 1.36. The summed E-state index contributed by atoms with van der Waals surface area (Å²) in [6.07, 6.45) is 9.37. The largest absolute Gasteiger partial charge is 0.338 e. The summed E-state index contributed by atoms with van der Waals surface area (Å²) in [5, 5.41) is 6.28. The Bertz CT molecular complexity index is 868. The molecule has 3 aromatic heterocycles. The first kappa shape index (κ1) is 17.0. The van der Waals surface area contributed by atoms with Crippen LogP contribution in [-0.4, -0.2) is 48.2 Å². The molecule has 7 nitrogen and oxygen atoms in total. The van der Waals surface area contributed by atoms with Crippen molar-refractivity contribution in [1.82, 2.24) is 29.2 Å². The van der Waals surface area contributed by atoms with Crippen LogP contribution in [0.4, 0.5) is 0 Å². The molecule has 0 saturated carbocycles. The van der Waals surface area contributed by atoms with Crippen LogP contribution >= 0.6 is 11.3 Å².